The molecular formula is C24H23F4N3O3. The summed E-state index contributed by atoms with van der Waals surface area (Å²) < 4.78 is 60.4. The van der Waals surface area contributed by atoms with Crippen LogP contribution in [0.15, 0.2) is 47.4 Å². The van der Waals surface area contributed by atoms with E-state index in [4.69, 9.17) is 4.74 Å². The summed E-state index contributed by atoms with van der Waals surface area (Å²) in [6.45, 7) is 4.22. The van der Waals surface area contributed by atoms with Crippen LogP contribution in [-0.2, 0) is 17.5 Å². The first-order chi connectivity index (χ1) is 16.2. The zero-order valence-electron chi connectivity index (χ0n) is 18.4. The molecule has 0 bridgehead atoms. The number of ether oxygens (including phenoxy) is 1. The summed E-state index contributed by atoms with van der Waals surface area (Å²) >= 11 is 0. The van der Waals surface area contributed by atoms with Crippen molar-refractivity contribution in [3.8, 4) is 0 Å². The average Bonchev–Trinajstić information content (AvgIpc) is 2.81. The molecule has 1 aliphatic rings. The number of anilines is 1. The predicted molar refractivity (Wildman–Crippen MR) is 120 cm³/mol. The van der Waals surface area contributed by atoms with Crippen molar-refractivity contribution in [1.82, 2.24) is 9.88 Å². The molecule has 10 heteroatoms. The highest BCUT2D eigenvalue weighted by Gasteiger charge is 2.30. The number of aromatic nitrogens is 1. The van der Waals surface area contributed by atoms with E-state index < -0.39 is 29.0 Å². The van der Waals surface area contributed by atoms with Crippen LogP contribution in [0.5, 0.6) is 0 Å². The molecule has 1 fully saturated rings. The lowest BCUT2D eigenvalue weighted by molar-refractivity contribution is -0.137. The van der Waals surface area contributed by atoms with Crippen LogP contribution in [0, 0.1) is 5.82 Å². The van der Waals surface area contributed by atoms with Crippen LogP contribution in [0.2, 0.25) is 0 Å². The minimum Gasteiger partial charge on any atom is -0.462 e. The molecule has 1 N–H and O–H groups in total. The minimum absolute atomic E-state index is 0.00570. The lowest BCUT2D eigenvalue weighted by atomic mass is 10.1. The van der Waals surface area contributed by atoms with Gasteiger partial charge in [0.05, 0.1) is 23.4 Å². The molecule has 4 rings (SSSR count). The Balaban J connectivity index is 1.85. The molecule has 1 aliphatic heterocycles. The van der Waals surface area contributed by atoms with E-state index in [1.165, 1.54) is 18.3 Å². The third kappa shape index (κ3) is 4.77. The number of rotatable bonds is 5. The summed E-state index contributed by atoms with van der Waals surface area (Å²) in [7, 11) is 0. The van der Waals surface area contributed by atoms with Crippen LogP contribution in [0.4, 0.5) is 23.2 Å². The summed E-state index contributed by atoms with van der Waals surface area (Å²) in [4.78, 5) is 27.3. The fourth-order valence-corrected chi connectivity index (χ4v) is 4.03. The van der Waals surface area contributed by atoms with E-state index >= 15 is 4.39 Å². The van der Waals surface area contributed by atoms with Crippen molar-refractivity contribution in [2.45, 2.75) is 19.6 Å². The Hall–Kier alpha value is -3.40. The lowest BCUT2D eigenvalue weighted by Gasteiger charge is -2.30. The number of nitrogens with one attached hydrogen (secondary N) is 1. The highest BCUT2D eigenvalue weighted by molar-refractivity contribution is 5.94. The number of hydrogen-bond donors (Lipinski definition) is 1. The first-order valence-corrected chi connectivity index (χ1v) is 10.8. The number of hydrogen-bond acceptors (Lipinski definition) is 5. The van der Waals surface area contributed by atoms with Crippen LogP contribution in [0.25, 0.3) is 10.9 Å². The monoisotopic (exact) mass is 477 g/mol. The van der Waals surface area contributed by atoms with E-state index in [1.807, 2.05) is 4.90 Å². The maximum absolute atomic E-state index is 15.0. The van der Waals surface area contributed by atoms with E-state index in [1.54, 1.807) is 17.6 Å². The summed E-state index contributed by atoms with van der Waals surface area (Å²) in [5.41, 5.74) is -0.512. The second kappa shape index (κ2) is 9.46. The normalized spacial score (nSPS) is 14.4. The predicted octanol–water partition coefficient (Wildman–Crippen LogP) is 3.79. The molecule has 0 radical (unpaired) electrons. The SMILES string of the molecule is CCOC(=O)c1cn(Cc2ccc(C(F)(F)F)cc2)c2cc(N3CCNCC3)c(F)cc2c1=O. The second-order valence-corrected chi connectivity index (χ2v) is 7.97. The third-order valence-electron chi connectivity index (χ3n) is 5.74. The summed E-state index contributed by atoms with van der Waals surface area (Å²) in [6, 6.07) is 7.27. The van der Waals surface area contributed by atoms with E-state index in [-0.39, 0.29) is 24.1 Å². The van der Waals surface area contributed by atoms with Crippen molar-refractivity contribution < 1.29 is 27.1 Å². The fraction of sp³-hybridized carbons (Fsp3) is 0.333. The van der Waals surface area contributed by atoms with Gasteiger partial charge in [-0.2, -0.15) is 13.2 Å². The molecule has 0 amide bonds. The first kappa shape index (κ1) is 23.7. The number of nitrogens with zero attached hydrogens (tertiary/aromatic N) is 2. The third-order valence-corrected chi connectivity index (χ3v) is 5.74. The number of esters is 1. The standard InChI is InChI=1S/C24H23F4N3O3/c1-2-34-23(33)18-14-31(13-15-3-5-16(6-4-15)24(26,27)28)20-12-21(30-9-7-29-8-10-30)19(25)11-17(20)22(18)32/h3-6,11-12,14,29H,2,7-10,13H2,1H3. The maximum atomic E-state index is 15.0. The Morgan fingerprint density at radius 2 is 1.79 bits per heavy atom. The quantitative estimate of drug-likeness (QED) is 0.448. The highest BCUT2D eigenvalue weighted by Crippen LogP contribution is 2.30. The zero-order valence-corrected chi connectivity index (χ0v) is 18.4. The van der Waals surface area contributed by atoms with Crippen LogP contribution in [0.1, 0.15) is 28.4 Å². The molecule has 180 valence electrons. The number of halogens is 4. The van der Waals surface area contributed by atoms with Gasteiger partial charge in [0.15, 0.2) is 0 Å². The first-order valence-electron chi connectivity index (χ1n) is 10.8. The molecule has 0 aliphatic carbocycles. The number of fused-ring (bicyclic) bond motifs is 1. The van der Waals surface area contributed by atoms with Gasteiger partial charge in [-0.1, -0.05) is 12.1 Å². The zero-order chi connectivity index (χ0) is 24.5. The van der Waals surface area contributed by atoms with Crippen LogP contribution in [0.3, 0.4) is 0 Å². The van der Waals surface area contributed by atoms with E-state index in [0.29, 0.717) is 42.9 Å². The Bertz CT molecular complexity index is 1260. The lowest BCUT2D eigenvalue weighted by Crippen LogP contribution is -2.43. The van der Waals surface area contributed by atoms with Crippen molar-refractivity contribution >= 4 is 22.6 Å². The molecule has 0 atom stereocenters. The molecule has 0 saturated carbocycles. The molecule has 1 aromatic heterocycles. The van der Waals surface area contributed by atoms with Gasteiger partial charge in [-0.05, 0) is 36.8 Å². The largest absolute Gasteiger partial charge is 0.462 e. The minimum atomic E-state index is -4.46. The van der Waals surface area contributed by atoms with Gasteiger partial charge in [-0.25, -0.2) is 9.18 Å². The summed E-state index contributed by atoms with van der Waals surface area (Å²) in [6.07, 6.45) is -3.14. The highest BCUT2D eigenvalue weighted by atomic mass is 19.4. The van der Waals surface area contributed by atoms with Gasteiger partial charge in [0.2, 0.25) is 5.43 Å². The molecule has 2 aromatic carbocycles. The Labute approximate surface area is 192 Å². The van der Waals surface area contributed by atoms with Crippen LogP contribution < -0.4 is 15.6 Å². The molecular weight excluding hydrogens is 454 g/mol. The van der Waals surface area contributed by atoms with Crippen LogP contribution >= 0.6 is 0 Å². The van der Waals surface area contributed by atoms with Gasteiger partial charge in [-0.3, -0.25) is 4.79 Å². The number of pyridine rings is 1. The number of benzene rings is 2. The van der Waals surface area contributed by atoms with Gasteiger partial charge in [-0.15, -0.1) is 0 Å². The van der Waals surface area contributed by atoms with Gasteiger partial charge in [0.1, 0.15) is 11.4 Å². The van der Waals surface area contributed by atoms with E-state index in [0.717, 1.165) is 18.2 Å². The molecule has 2 heterocycles. The number of piperazine rings is 1. The van der Waals surface area contributed by atoms with Crippen LogP contribution in [-0.4, -0.2) is 43.3 Å². The van der Waals surface area contributed by atoms with Gasteiger partial charge >= 0.3 is 12.1 Å². The summed E-state index contributed by atoms with van der Waals surface area (Å²) in [5, 5.41) is 3.18. The van der Waals surface area contributed by atoms with Gasteiger partial charge in [0, 0.05) is 44.3 Å². The number of carbonyl (C=O) groups excluding carboxylic acids is 1. The van der Waals surface area contributed by atoms with Gasteiger partial charge in [0.25, 0.3) is 0 Å². The Morgan fingerprint density at radius 3 is 2.41 bits per heavy atom. The number of alkyl halides is 3. The molecule has 3 aromatic rings. The fourth-order valence-electron chi connectivity index (χ4n) is 4.03. The molecule has 34 heavy (non-hydrogen) atoms. The van der Waals surface area contributed by atoms with E-state index in [2.05, 4.69) is 5.32 Å². The topological polar surface area (TPSA) is 63.6 Å². The van der Waals surface area contributed by atoms with E-state index in [9.17, 15) is 22.8 Å². The Kier molecular flexibility index (Phi) is 6.60. The molecule has 1 saturated heterocycles. The van der Waals surface area contributed by atoms with Gasteiger partial charge < -0.3 is 19.5 Å². The van der Waals surface area contributed by atoms with Crippen molar-refractivity contribution in [2.24, 2.45) is 0 Å². The number of carbonyl (C=O) groups is 1. The van der Waals surface area contributed by atoms with Crippen molar-refractivity contribution in [3.05, 3.63) is 75.3 Å². The summed E-state index contributed by atoms with van der Waals surface area (Å²) in [5.74, 6) is -1.43. The Morgan fingerprint density at radius 1 is 1.12 bits per heavy atom. The van der Waals surface area contributed by atoms with Crippen molar-refractivity contribution in [1.29, 1.82) is 0 Å². The molecule has 0 spiro atoms. The second-order valence-electron chi connectivity index (χ2n) is 7.97. The average molecular weight is 477 g/mol. The smallest absolute Gasteiger partial charge is 0.416 e. The molecule has 0 unspecified atom stereocenters. The van der Waals surface area contributed by atoms with Crippen molar-refractivity contribution in [2.75, 3.05) is 37.7 Å². The maximum Gasteiger partial charge on any atom is 0.416 e. The molecule has 6 nitrogen and oxygen atoms in total. The van der Waals surface area contributed by atoms with Crippen molar-refractivity contribution in [3.63, 3.8) is 0 Å².